The lowest BCUT2D eigenvalue weighted by Gasteiger charge is -2.00. The van der Waals surface area contributed by atoms with Crippen molar-refractivity contribution in [2.24, 2.45) is 0 Å². The predicted molar refractivity (Wildman–Crippen MR) is 46.0 cm³/mol. The van der Waals surface area contributed by atoms with Crippen LogP contribution in [0.3, 0.4) is 0 Å². The molecule has 14 heavy (non-hydrogen) atoms. The van der Waals surface area contributed by atoms with Gasteiger partial charge in [-0.1, -0.05) is 3.89 Å². The Labute approximate surface area is 79.4 Å². The number of rotatable bonds is 1. The molecule has 2 heterocycles. The van der Waals surface area contributed by atoms with Crippen LogP contribution in [0.4, 0.5) is 3.89 Å². The molecule has 5 nitrogen and oxygen atoms in total. The zero-order valence-corrected chi connectivity index (χ0v) is 7.99. The maximum Gasteiger partial charge on any atom is 0.349 e. The first kappa shape index (κ1) is 9.07. The third-order valence-electron chi connectivity index (χ3n) is 1.74. The van der Waals surface area contributed by atoms with E-state index in [0.717, 1.165) is 4.52 Å². The van der Waals surface area contributed by atoms with Crippen LogP contribution in [0.2, 0.25) is 0 Å². The van der Waals surface area contributed by atoms with Crippen molar-refractivity contribution < 1.29 is 12.3 Å². The zero-order valence-electron chi connectivity index (χ0n) is 7.18. The van der Waals surface area contributed by atoms with Crippen molar-refractivity contribution in [1.29, 1.82) is 0 Å². The number of hydrogen-bond acceptors (Lipinski definition) is 4. The van der Waals surface area contributed by atoms with E-state index in [1.165, 1.54) is 12.4 Å². The first-order valence-corrected chi connectivity index (χ1v) is 5.12. The van der Waals surface area contributed by atoms with E-state index >= 15 is 0 Å². The smallest absolute Gasteiger partial charge is 0.215 e. The fraction of sp³-hybridized carbons (Fsp3) is 0.143. The summed E-state index contributed by atoms with van der Waals surface area (Å²) in [5, 5.41) is 3.12. The van der Waals surface area contributed by atoms with Gasteiger partial charge in [0.1, 0.15) is 6.33 Å². The van der Waals surface area contributed by atoms with Crippen molar-refractivity contribution in [3.63, 3.8) is 0 Å². The number of aromatic nitrogens is 3. The Morgan fingerprint density at radius 3 is 2.79 bits per heavy atom. The van der Waals surface area contributed by atoms with Gasteiger partial charge in [0.15, 0.2) is 10.7 Å². The molecule has 0 aliphatic carbocycles. The van der Waals surface area contributed by atoms with E-state index in [2.05, 4.69) is 10.1 Å². The lowest BCUT2D eigenvalue weighted by molar-refractivity contribution is 0.542. The van der Waals surface area contributed by atoms with Crippen LogP contribution in [0.5, 0.6) is 0 Å². The van der Waals surface area contributed by atoms with Crippen LogP contribution in [-0.4, -0.2) is 23.0 Å². The monoisotopic (exact) mass is 215 g/mol. The molecule has 7 heteroatoms. The minimum Gasteiger partial charge on any atom is -0.215 e. The molecule has 0 saturated carbocycles. The Bertz CT molecular complexity index is 590. The molecule has 74 valence electrons. The molecule has 0 bridgehead atoms. The normalized spacial score (nSPS) is 12.1. The molecule has 2 rings (SSSR count). The Balaban J connectivity index is 2.94. The molecular formula is C7H6FN3O2S. The first-order chi connectivity index (χ1) is 6.48. The number of nitrogens with zero attached hydrogens (tertiary/aromatic N) is 3. The maximum absolute atomic E-state index is 12.8. The van der Waals surface area contributed by atoms with Crippen LogP contribution < -0.4 is 0 Å². The molecule has 0 aliphatic rings. The molecule has 0 aromatic carbocycles. The number of halogens is 1. The van der Waals surface area contributed by atoms with Gasteiger partial charge >= 0.3 is 10.2 Å². The van der Waals surface area contributed by atoms with E-state index in [-0.39, 0.29) is 0 Å². The fourth-order valence-corrected chi connectivity index (χ4v) is 1.87. The maximum atomic E-state index is 12.8. The molecule has 0 aliphatic heterocycles. The third kappa shape index (κ3) is 1.35. The second-order valence-electron chi connectivity index (χ2n) is 2.84. The fourth-order valence-electron chi connectivity index (χ4n) is 1.19. The SMILES string of the molecule is Cc1cc(S(=O)(=O)F)n2ncnc2c1. The van der Waals surface area contributed by atoms with Gasteiger partial charge in [-0.15, -0.1) is 0 Å². The first-order valence-electron chi connectivity index (χ1n) is 3.73. The van der Waals surface area contributed by atoms with Crippen molar-refractivity contribution in [2.45, 2.75) is 11.9 Å². The Morgan fingerprint density at radius 1 is 1.43 bits per heavy atom. The van der Waals surface area contributed by atoms with Crippen molar-refractivity contribution in [3.8, 4) is 0 Å². The van der Waals surface area contributed by atoms with Crippen LogP contribution in [0, 0.1) is 6.92 Å². The van der Waals surface area contributed by atoms with Gasteiger partial charge in [0.05, 0.1) is 0 Å². The average Bonchev–Trinajstić information content (AvgIpc) is 2.47. The van der Waals surface area contributed by atoms with E-state index in [1.807, 2.05) is 0 Å². The summed E-state index contributed by atoms with van der Waals surface area (Å²) in [6.07, 6.45) is 1.17. The van der Waals surface area contributed by atoms with Crippen molar-refractivity contribution in [1.82, 2.24) is 14.6 Å². The molecule has 0 atom stereocenters. The van der Waals surface area contributed by atoms with Crippen LogP contribution in [0.25, 0.3) is 5.65 Å². The summed E-state index contributed by atoms with van der Waals surface area (Å²) in [5.74, 6) is 0. The minimum absolute atomic E-state index is 0.307. The summed E-state index contributed by atoms with van der Waals surface area (Å²) in [6.45, 7) is 1.66. The van der Waals surface area contributed by atoms with E-state index in [4.69, 9.17) is 0 Å². The van der Waals surface area contributed by atoms with E-state index in [0.29, 0.717) is 11.2 Å². The lowest BCUT2D eigenvalue weighted by atomic mass is 10.3. The van der Waals surface area contributed by atoms with Gasteiger partial charge in [0, 0.05) is 0 Å². The van der Waals surface area contributed by atoms with Crippen molar-refractivity contribution in [2.75, 3.05) is 0 Å². The summed E-state index contributed by atoms with van der Waals surface area (Å²) in [7, 11) is -4.76. The number of pyridine rings is 1. The quantitative estimate of drug-likeness (QED) is 0.657. The minimum atomic E-state index is -4.76. The molecule has 2 aromatic rings. The highest BCUT2D eigenvalue weighted by atomic mass is 32.3. The molecule has 0 unspecified atom stereocenters. The van der Waals surface area contributed by atoms with Crippen molar-refractivity contribution >= 4 is 15.9 Å². The standard InChI is InChI=1S/C7H6FN3O2S/c1-5-2-6-9-4-10-11(6)7(3-5)14(8,12)13/h2-4H,1H3. The highest BCUT2D eigenvalue weighted by molar-refractivity contribution is 7.86. The largest absolute Gasteiger partial charge is 0.349 e. The molecular weight excluding hydrogens is 209 g/mol. The Hall–Kier alpha value is -1.50. The Kier molecular flexibility index (Phi) is 1.78. The third-order valence-corrected chi connectivity index (χ3v) is 2.53. The molecule has 0 saturated heterocycles. The van der Waals surface area contributed by atoms with Gasteiger partial charge in [0.25, 0.3) is 0 Å². The van der Waals surface area contributed by atoms with Gasteiger partial charge < -0.3 is 0 Å². The molecule has 0 N–H and O–H groups in total. The van der Waals surface area contributed by atoms with Gasteiger partial charge in [-0.3, -0.25) is 0 Å². The highest BCUT2D eigenvalue weighted by Crippen LogP contribution is 2.15. The van der Waals surface area contributed by atoms with E-state index < -0.39 is 15.2 Å². The molecule has 0 radical (unpaired) electrons. The molecule has 0 amide bonds. The summed E-state index contributed by atoms with van der Waals surface area (Å²) in [4.78, 5) is 3.77. The zero-order chi connectivity index (χ0) is 10.3. The summed E-state index contributed by atoms with van der Waals surface area (Å²) in [6, 6.07) is 2.82. The Morgan fingerprint density at radius 2 is 2.14 bits per heavy atom. The number of aryl methyl sites for hydroxylation is 1. The van der Waals surface area contributed by atoms with Crippen molar-refractivity contribution in [3.05, 3.63) is 24.0 Å². The van der Waals surface area contributed by atoms with Crippen LogP contribution in [0.1, 0.15) is 5.56 Å². The van der Waals surface area contributed by atoms with E-state index in [9.17, 15) is 12.3 Å². The summed E-state index contributed by atoms with van der Waals surface area (Å²) >= 11 is 0. The molecule has 2 aromatic heterocycles. The summed E-state index contributed by atoms with van der Waals surface area (Å²) < 4.78 is 35.2. The number of hydrogen-bond donors (Lipinski definition) is 0. The van der Waals surface area contributed by atoms with Gasteiger partial charge in [-0.05, 0) is 24.6 Å². The van der Waals surface area contributed by atoms with Gasteiger partial charge in [-0.2, -0.15) is 18.0 Å². The lowest BCUT2D eigenvalue weighted by Crippen LogP contribution is -2.03. The van der Waals surface area contributed by atoms with Gasteiger partial charge in [-0.25, -0.2) is 4.98 Å². The topological polar surface area (TPSA) is 64.3 Å². The number of fused-ring (bicyclic) bond motifs is 1. The predicted octanol–water partition coefficient (Wildman–Crippen LogP) is 0.696. The van der Waals surface area contributed by atoms with Crippen LogP contribution in [-0.2, 0) is 10.2 Å². The van der Waals surface area contributed by atoms with Gasteiger partial charge in [0.2, 0.25) is 0 Å². The summed E-state index contributed by atoms with van der Waals surface area (Å²) in [5.41, 5.74) is 0.919. The van der Waals surface area contributed by atoms with Crippen LogP contribution in [0.15, 0.2) is 23.5 Å². The molecule has 0 spiro atoms. The highest BCUT2D eigenvalue weighted by Gasteiger charge is 2.17. The average molecular weight is 215 g/mol. The second-order valence-corrected chi connectivity index (χ2v) is 4.13. The van der Waals surface area contributed by atoms with Crippen LogP contribution >= 0.6 is 0 Å². The molecule has 0 fully saturated rings. The second kappa shape index (κ2) is 2.74. The van der Waals surface area contributed by atoms with E-state index in [1.54, 1.807) is 13.0 Å².